The number of amides is 2. The number of benzene rings is 2. The van der Waals surface area contributed by atoms with Gasteiger partial charge < -0.3 is 14.8 Å². The summed E-state index contributed by atoms with van der Waals surface area (Å²) in [6.45, 7) is 1.24. The van der Waals surface area contributed by atoms with Crippen molar-refractivity contribution in [3.63, 3.8) is 0 Å². The van der Waals surface area contributed by atoms with Crippen LogP contribution in [0.4, 0.5) is 11.4 Å². The molecule has 0 bridgehead atoms. The Bertz CT molecular complexity index is 966. The van der Waals surface area contributed by atoms with Crippen molar-refractivity contribution in [1.29, 1.82) is 0 Å². The highest BCUT2D eigenvalue weighted by molar-refractivity contribution is 6.08. The summed E-state index contributed by atoms with van der Waals surface area (Å²) < 4.78 is 1.85. The van der Waals surface area contributed by atoms with Crippen LogP contribution in [0.3, 0.4) is 0 Å². The zero-order chi connectivity index (χ0) is 18.6. The van der Waals surface area contributed by atoms with Crippen LogP contribution in [-0.2, 0) is 17.8 Å². The van der Waals surface area contributed by atoms with E-state index in [1.165, 1.54) is 5.56 Å². The van der Waals surface area contributed by atoms with E-state index >= 15 is 0 Å². The van der Waals surface area contributed by atoms with E-state index in [9.17, 15) is 9.59 Å². The summed E-state index contributed by atoms with van der Waals surface area (Å²) in [5.74, 6) is -0.144. The van der Waals surface area contributed by atoms with Crippen LogP contribution in [0, 0.1) is 0 Å². The highest BCUT2D eigenvalue weighted by Gasteiger charge is 2.25. The van der Waals surface area contributed by atoms with Gasteiger partial charge in [0.2, 0.25) is 5.91 Å². The molecule has 0 unspecified atom stereocenters. The molecule has 1 N–H and O–H groups in total. The number of hydrogen-bond donors (Lipinski definition) is 1. The Hall–Kier alpha value is -3.41. The molecule has 0 saturated heterocycles. The Labute approximate surface area is 157 Å². The standard InChI is InChI=1S/C21H20N4O2/c26-20(9-11-24-13-10-22-15-24)23-18-6-3-5-17(14-18)21(27)25-12-8-16-4-1-2-7-19(16)25/h1-7,10,13-15H,8-9,11-12H2,(H,23,26). The van der Waals surface area contributed by atoms with Gasteiger partial charge in [0, 0.05) is 48.8 Å². The van der Waals surface area contributed by atoms with Gasteiger partial charge in [-0.25, -0.2) is 4.98 Å². The molecule has 6 nitrogen and oxygen atoms in total. The predicted molar refractivity (Wildman–Crippen MR) is 104 cm³/mol. The van der Waals surface area contributed by atoms with Crippen molar-refractivity contribution in [2.75, 3.05) is 16.8 Å². The van der Waals surface area contributed by atoms with Gasteiger partial charge >= 0.3 is 0 Å². The van der Waals surface area contributed by atoms with Crippen LogP contribution in [0.25, 0.3) is 0 Å². The van der Waals surface area contributed by atoms with Gasteiger partial charge in [0.1, 0.15) is 0 Å². The molecule has 0 fully saturated rings. The maximum atomic E-state index is 12.9. The molecule has 3 aromatic rings. The molecule has 0 spiro atoms. The van der Waals surface area contributed by atoms with E-state index in [4.69, 9.17) is 0 Å². The predicted octanol–water partition coefficient (Wildman–Crippen LogP) is 3.11. The average Bonchev–Trinajstić information content (AvgIpc) is 3.36. The minimum atomic E-state index is -0.0974. The second kappa shape index (κ2) is 7.45. The molecule has 0 atom stereocenters. The van der Waals surface area contributed by atoms with Gasteiger partial charge in [-0.1, -0.05) is 24.3 Å². The van der Waals surface area contributed by atoms with Crippen LogP contribution in [0.1, 0.15) is 22.3 Å². The van der Waals surface area contributed by atoms with Crippen molar-refractivity contribution in [1.82, 2.24) is 9.55 Å². The van der Waals surface area contributed by atoms with Gasteiger partial charge in [0.25, 0.3) is 5.91 Å². The van der Waals surface area contributed by atoms with Crippen molar-refractivity contribution in [3.05, 3.63) is 78.4 Å². The van der Waals surface area contributed by atoms with Crippen molar-refractivity contribution in [2.24, 2.45) is 0 Å². The molecule has 4 rings (SSSR count). The first kappa shape index (κ1) is 17.0. The highest BCUT2D eigenvalue weighted by Crippen LogP contribution is 2.29. The summed E-state index contributed by atoms with van der Waals surface area (Å²) >= 11 is 0. The monoisotopic (exact) mass is 360 g/mol. The third kappa shape index (κ3) is 3.74. The Kier molecular flexibility index (Phi) is 4.70. The number of anilines is 2. The van der Waals surface area contributed by atoms with E-state index in [0.29, 0.717) is 30.8 Å². The summed E-state index contributed by atoms with van der Waals surface area (Å²) in [5.41, 5.74) is 3.36. The molecule has 1 aliphatic rings. The zero-order valence-corrected chi connectivity index (χ0v) is 14.8. The fourth-order valence-corrected chi connectivity index (χ4v) is 3.31. The first-order chi connectivity index (χ1) is 13.2. The lowest BCUT2D eigenvalue weighted by molar-refractivity contribution is -0.116. The second-order valence-corrected chi connectivity index (χ2v) is 6.51. The summed E-state index contributed by atoms with van der Waals surface area (Å²) in [4.78, 5) is 30.9. The normalized spacial score (nSPS) is 12.7. The molecule has 6 heteroatoms. The van der Waals surface area contributed by atoms with Crippen molar-refractivity contribution < 1.29 is 9.59 Å². The molecular formula is C21H20N4O2. The summed E-state index contributed by atoms with van der Waals surface area (Å²) in [5, 5.41) is 2.87. The Morgan fingerprint density at radius 2 is 2.00 bits per heavy atom. The maximum Gasteiger partial charge on any atom is 0.258 e. The Morgan fingerprint density at radius 1 is 1.11 bits per heavy atom. The molecule has 1 aromatic heterocycles. The number of nitrogens with zero attached hydrogens (tertiary/aromatic N) is 3. The number of rotatable bonds is 5. The molecule has 1 aliphatic heterocycles. The van der Waals surface area contributed by atoms with Crippen molar-refractivity contribution in [3.8, 4) is 0 Å². The quantitative estimate of drug-likeness (QED) is 0.760. The van der Waals surface area contributed by atoms with E-state index in [0.717, 1.165) is 12.1 Å². The van der Waals surface area contributed by atoms with E-state index in [-0.39, 0.29) is 11.8 Å². The average molecular weight is 360 g/mol. The summed E-state index contributed by atoms with van der Waals surface area (Å²) in [7, 11) is 0. The van der Waals surface area contributed by atoms with Gasteiger partial charge in [-0.3, -0.25) is 9.59 Å². The van der Waals surface area contributed by atoms with Crippen LogP contribution in [-0.4, -0.2) is 27.9 Å². The van der Waals surface area contributed by atoms with E-state index in [1.54, 1.807) is 41.7 Å². The topological polar surface area (TPSA) is 67.2 Å². The third-order valence-corrected chi connectivity index (χ3v) is 4.68. The van der Waals surface area contributed by atoms with Crippen LogP contribution in [0.2, 0.25) is 0 Å². The molecular weight excluding hydrogens is 340 g/mol. The Morgan fingerprint density at radius 3 is 2.85 bits per heavy atom. The zero-order valence-electron chi connectivity index (χ0n) is 14.8. The number of carbonyl (C=O) groups excluding carboxylic acids is 2. The minimum Gasteiger partial charge on any atom is -0.337 e. The molecule has 2 amide bonds. The maximum absolute atomic E-state index is 12.9. The number of imidazole rings is 1. The lowest BCUT2D eigenvalue weighted by Gasteiger charge is -2.18. The third-order valence-electron chi connectivity index (χ3n) is 4.68. The number of carbonyl (C=O) groups is 2. The molecule has 0 radical (unpaired) electrons. The molecule has 0 aliphatic carbocycles. The van der Waals surface area contributed by atoms with E-state index < -0.39 is 0 Å². The molecule has 27 heavy (non-hydrogen) atoms. The fourth-order valence-electron chi connectivity index (χ4n) is 3.31. The van der Waals surface area contributed by atoms with Crippen molar-refractivity contribution in [2.45, 2.75) is 19.4 Å². The van der Waals surface area contributed by atoms with E-state index in [1.807, 2.05) is 29.0 Å². The van der Waals surface area contributed by atoms with Gasteiger partial charge in [0.15, 0.2) is 0 Å². The molecule has 0 saturated carbocycles. The van der Waals surface area contributed by atoms with Gasteiger partial charge in [-0.2, -0.15) is 0 Å². The lowest BCUT2D eigenvalue weighted by atomic mass is 10.1. The lowest BCUT2D eigenvalue weighted by Crippen LogP contribution is -2.29. The van der Waals surface area contributed by atoms with Crippen LogP contribution < -0.4 is 10.2 Å². The minimum absolute atomic E-state index is 0.0468. The van der Waals surface area contributed by atoms with Gasteiger partial charge in [0.05, 0.1) is 6.33 Å². The first-order valence-corrected chi connectivity index (χ1v) is 8.96. The first-order valence-electron chi connectivity index (χ1n) is 8.96. The SMILES string of the molecule is O=C(CCn1ccnc1)Nc1cccc(C(=O)N2CCc3ccccc32)c1. The van der Waals surface area contributed by atoms with Crippen LogP contribution >= 0.6 is 0 Å². The highest BCUT2D eigenvalue weighted by atomic mass is 16.2. The fraction of sp³-hybridized carbons (Fsp3) is 0.190. The summed E-state index contributed by atoms with van der Waals surface area (Å²) in [6.07, 6.45) is 6.39. The number of hydrogen-bond acceptors (Lipinski definition) is 3. The number of para-hydroxylation sites is 1. The van der Waals surface area contributed by atoms with E-state index in [2.05, 4.69) is 16.4 Å². The summed E-state index contributed by atoms with van der Waals surface area (Å²) in [6, 6.07) is 15.1. The number of aromatic nitrogens is 2. The number of aryl methyl sites for hydroxylation is 1. The van der Waals surface area contributed by atoms with Crippen molar-refractivity contribution >= 4 is 23.2 Å². The van der Waals surface area contributed by atoms with Crippen LogP contribution in [0.5, 0.6) is 0 Å². The van der Waals surface area contributed by atoms with Crippen LogP contribution in [0.15, 0.2) is 67.3 Å². The molecule has 2 aromatic carbocycles. The largest absolute Gasteiger partial charge is 0.337 e. The Balaban J connectivity index is 1.43. The smallest absolute Gasteiger partial charge is 0.258 e. The number of fused-ring (bicyclic) bond motifs is 1. The second-order valence-electron chi connectivity index (χ2n) is 6.51. The van der Waals surface area contributed by atoms with Gasteiger partial charge in [-0.05, 0) is 36.2 Å². The van der Waals surface area contributed by atoms with Gasteiger partial charge in [-0.15, -0.1) is 0 Å². The molecule has 2 heterocycles. The molecule has 136 valence electrons. The number of nitrogens with one attached hydrogen (secondary N) is 1.